The molecule has 0 unspecified atom stereocenters. The molecule has 0 amide bonds. The highest BCUT2D eigenvalue weighted by Crippen LogP contribution is 2.30. The largest absolute Gasteiger partial charge is 0.465 e. The number of esters is 2. The SMILES string of the molecule is O=C1OCCCOC(=O)C2CCC1CC2. The molecular weight excluding hydrogens is 196 g/mol. The van der Waals surface area contributed by atoms with Crippen molar-refractivity contribution in [2.24, 2.45) is 11.8 Å². The molecule has 0 aromatic heterocycles. The minimum atomic E-state index is -0.0946. The Morgan fingerprint density at radius 2 is 1.20 bits per heavy atom. The van der Waals surface area contributed by atoms with E-state index in [0.717, 1.165) is 25.7 Å². The topological polar surface area (TPSA) is 52.6 Å². The first-order valence-electron chi connectivity index (χ1n) is 5.60. The van der Waals surface area contributed by atoms with Gasteiger partial charge in [-0.05, 0) is 25.7 Å². The maximum Gasteiger partial charge on any atom is 0.308 e. The molecule has 0 aromatic carbocycles. The quantitative estimate of drug-likeness (QED) is 0.568. The van der Waals surface area contributed by atoms with Crippen molar-refractivity contribution in [3.8, 4) is 0 Å². The Balaban J connectivity index is 2.02. The van der Waals surface area contributed by atoms with E-state index in [1.165, 1.54) is 0 Å². The minimum Gasteiger partial charge on any atom is -0.465 e. The van der Waals surface area contributed by atoms with E-state index in [4.69, 9.17) is 9.47 Å². The summed E-state index contributed by atoms with van der Waals surface area (Å²) in [5.41, 5.74) is 0. The van der Waals surface area contributed by atoms with Crippen molar-refractivity contribution < 1.29 is 19.1 Å². The molecule has 0 N–H and O–H groups in total. The second kappa shape index (κ2) is 4.64. The predicted octanol–water partition coefficient (Wildman–Crippen LogP) is 1.28. The zero-order valence-corrected chi connectivity index (χ0v) is 8.74. The van der Waals surface area contributed by atoms with Crippen LogP contribution in [0.1, 0.15) is 32.1 Å². The number of hydrogen-bond acceptors (Lipinski definition) is 4. The van der Waals surface area contributed by atoms with Gasteiger partial charge in [-0.25, -0.2) is 0 Å². The van der Waals surface area contributed by atoms with Crippen LogP contribution in [0, 0.1) is 11.8 Å². The standard InChI is InChI=1S/C11H16O4/c12-10-8-2-3-9(5-4-8)11(13)15-7-1-6-14-10/h8-9H,1-7H2. The maximum absolute atomic E-state index is 11.5. The Hall–Kier alpha value is -1.06. The molecule has 2 aliphatic heterocycles. The molecule has 3 fully saturated rings. The second-order valence-corrected chi connectivity index (χ2v) is 4.24. The summed E-state index contributed by atoms with van der Waals surface area (Å²) >= 11 is 0. The van der Waals surface area contributed by atoms with Crippen molar-refractivity contribution in [1.29, 1.82) is 0 Å². The Morgan fingerprint density at radius 1 is 0.800 bits per heavy atom. The molecule has 0 aromatic rings. The van der Waals surface area contributed by atoms with Gasteiger partial charge in [0.1, 0.15) is 0 Å². The van der Waals surface area contributed by atoms with E-state index < -0.39 is 0 Å². The summed E-state index contributed by atoms with van der Waals surface area (Å²) in [7, 11) is 0. The molecule has 1 saturated carbocycles. The number of ether oxygens (including phenoxy) is 2. The fraction of sp³-hybridized carbons (Fsp3) is 0.818. The van der Waals surface area contributed by atoms with Gasteiger partial charge in [0, 0.05) is 6.42 Å². The maximum atomic E-state index is 11.5. The Morgan fingerprint density at radius 3 is 1.60 bits per heavy atom. The third-order valence-corrected chi connectivity index (χ3v) is 3.17. The van der Waals surface area contributed by atoms with Crippen LogP contribution in [0.5, 0.6) is 0 Å². The zero-order valence-electron chi connectivity index (χ0n) is 8.74. The predicted molar refractivity (Wildman–Crippen MR) is 52.0 cm³/mol. The number of carbonyl (C=O) groups is 2. The molecule has 3 aliphatic rings. The Bertz CT molecular complexity index is 227. The lowest BCUT2D eigenvalue weighted by Crippen LogP contribution is -2.27. The summed E-state index contributed by atoms with van der Waals surface area (Å²) in [6.45, 7) is 0.737. The van der Waals surface area contributed by atoms with Crippen LogP contribution in [0.25, 0.3) is 0 Å². The van der Waals surface area contributed by atoms with Gasteiger partial charge < -0.3 is 9.47 Å². The highest BCUT2D eigenvalue weighted by Gasteiger charge is 2.32. The van der Waals surface area contributed by atoms with E-state index in [0.29, 0.717) is 19.6 Å². The lowest BCUT2D eigenvalue weighted by Gasteiger charge is -2.24. The molecule has 3 rings (SSSR count). The van der Waals surface area contributed by atoms with Crippen LogP contribution in [0.15, 0.2) is 0 Å². The lowest BCUT2D eigenvalue weighted by atomic mass is 9.82. The molecule has 0 spiro atoms. The molecule has 2 bridgehead atoms. The number of carbonyl (C=O) groups excluding carboxylic acids is 2. The van der Waals surface area contributed by atoms with Crippen molar-refractivity contribution in [2.45, 2.75) is 32.1 Å². The van der Waals surface area contributed by atoms with E-state index in [1.54, 1.807) is 0 Å². The average Bonchev–Trinajstić information content (AvgIpc) is 2.31. The molecular formula is C11H16O4. The van der Waals surface area contributed by atoms with Gasteiger partial charge in [0.2, 0.25) is 0 Å². The third-order valence-electron chi connectivity index (χ3n) is 3.17. The fourth-order valence-corrected chi connectivity index (χ4v) is 2.20. The Kier molecular flexibility index (Phi) is 3.23. The first-order valence-corrected chi connectivity index (χ1v) is 5.60. The van der Waals surface area contributed by atoms with Crippen LogP contribution in [-0.2, 0) is 19.1 Å². The van der Waals surface area contributed by atoms with E-state index in [2.05, 4.69) is 0 Å². The van der Waals surface area contributed by atoms with Crippen molar-refractivity contribution in [1.82, 2.24) is 0 Å². The summed E-state index contributed by atoms with van der Waals surface area (Å²) in [5, 5.41) is 0. The normalized spacial score (nSPS) is 32.8. The molecule has 4 heteroatoms. The first kappa shape index (κ1) is 10.5. The number of fused-ring (bicyclic) bond motifs is 8. The van der Waals surface area contributed by atoms with Gasteiger partial charge in [0.05, 0.1) is 25.0 Å². The third kappa shape index (κ3) is 2.49. The summed E-state index contributed by atoms with van der Waals surface area (Å²) in [5.74, 6) is -0.176. The molecule has 0 radical (unpaired) electrons. The summed E-state index contributed by atoms with van der Waals surface area (Å²) in [4.78, 5) is 23.1. The van der Waals surface area contributed by atoms with Crippen LogP contribution in [0.3, 0.4) is 0 Å². The van der Waals surface area contributed by atoms with Gasteiger partial charge in [-0.3, -0.25) is 9.59 Å². The van der Waals surface area contributed by atoms with Gasteiger partial charge in [0.25, 0.3) is 0 Å². The lowest BCUT2D eigenvalue weighted by molar-refractivity contribution is -0.151. The molecule has 15 heavy (non-hydrogen) atoms. The van der Waals surface area contributed by atoms with E-state index in [9.17, 15) is 9.59 Å². The van der Waals surface area contributed by atoms with Crippen molar-refractivity contribution in [2.75, 3.05) is 13.2 Å². The summed E-state index contributed by atoms with van der Waals surface area (Å²) in [6, 6.07) is 0. The van der Waals surface area contributed by atoms with Crippen molar-refractivity contribution in [3.63, 3.8) is 0 Å². The van der Waals surface area contributed by atoms with Crippen molar-refractivity contribution in [3.05, 3.63) is 0 Å². The second-order valence-electron chi connectivity index (χ2n) is 4.24. The van der Waals surface area contributed by atoms with E-state index in [-0.39, 0.29) is 23.8 Å². The van der Waals surface area contributed by atoms with Crippen LogP contribution >= 0.6 is 0 Å². The Labute approximate surface area is 88.9 Å². The highest BCUT2D eigenvalue weighted by molar-refractivity contribution is 5.75. The van der Waals surface area contributed by atoms with Crippen LogP contribution in [0.4, 0.5) is 0 Å². The molecule has 2 heterocycles. The van der Waals surface area contributed by atoms with Gasteiger partial charge in [-0.2, -0.15) is 0 Å². The van der Waals surface area contributed by atoms with Crippen LogP contribution in [-0.4, -0.2) is 25.2 Å². The molecule has 0 atom stereocenters. The van der Waals surface area contributed by atoms with Crippen LogP contribution in [0.2, 0.25) is 0 Å². The molecule has 2 saturated heterocycles. The fourth-order valence-electron chi connectivity index (χ4n) is 2.20. The van der Waals surface area contributed by atoms with Crippen molar-refractivity contribution >= 4 is 11.9 Å². The van der Waals surface area contributed by atoms with Gasteiger partial charge in [-0.15, -0.1) is 0 Å². The van der Waals surface area contributed by atoms with Crippen LogP contribution < -0.4 is 0 Å². The van der Waals surface area contributed by atoms with E-state index in [1.807, 2.05) is 0 Å². The van der Waals surface area contributed by atoms with Gasteiger partial charge in [-0.1, -0.05) is 0 Å². The minimum absolute atomic E-state index is 0.00662. The first-order chi connectivity index (χ1) is 7.27. The van der Waals surface area contributed by atoms with Gasteiger partial charge in [0.15, 0.2) is 0 Å². The monoisotopic (exact) mass is 212 g/mol. The zero-order chi connectivity index (χ0) is 10.7. The number of hydrogen-bond donors (Lipinski definition) is 0. The highest BCUT2D eigenvalue weighted by atomic mass is 16.5. The smallest absolute Gasteiger partial charge is 0.308 e. The average molecular weight is 212 g/mol. The molecule has 1 aliphatic carbocycles. The van der Waals surface area contributed by atoms with E-state index >= 15 is 0 Å². The number of rotatable bonds is 0. The summed E-state index contributed by atoms with van der Waals surface area (Å²) in [6.07, 6.45) is 3.66. The summed E-state index contributed by atoms with van der Waals surface area (Å²) < 4.78 is 10.2. The molecule has 84 valence electrons. The molecule has 4 nitrogen and oxygen atoms in total. The van der Waals surface area contributed by atoms with Gasteiger partial charge >= 0.3 is 11.9 Å².